The zero-order valence-corrected chi connectivity index (χ0v) is 14.1. The maximum atomic E-state index is 11.9. The second-order valence-electron chi connectivity index (χ2n) is 6.86. The molecule has 2 aliphatic heterocycles. The lowest BCUT2D eigenvalue weighted by Gasteiger charge is -2.29. The molecular weight excluding hydrogens is 326 g/mol. The third-order valence-electron chi connectivity index (χ3n) is 4.40. The van der Waals surface area contributed by atoms with E-state index in [9.17, 15) is 9.59 Å². The van der Waals surface area contributed by atoms with Gasteiger partial charge >= 0.3 is 11.9 Å². The molecule has 1 aliphatic carbocycles. The van der Waals surface area contributed by atoms with Crippen LogP contribution in [0.25, 0.3) is 0 Å². The van der Waals surface area contributed by atoms with Crippen LogP contribution >= 0.6 is 0 Å². The van der Waals surface area contributed by atoms with Gasteiger partial charge in [-0.1, -0.05) is 0 Å². The molecule has 3 aliphatic rings. The van der Waals surface area contributed by atoms with Crippen LogP contribution in [0.15, 0.2) is 30.0 Å². The van der Waals surface area contributed by atoms with Crippen molar-refractivity contribution >= 4 is 17.6 Å². The lowest BCUT2D eigenvalue weighted by atomic mass is 10.2. The number of carbonyl (C=O) groups excluding carboxylic acids is 2. The Hall–Kier alpha value is -2.70. The van der Waals surface area contributed by atoms with Crippen molar-refractivity contribution in [2.24, 2.45) is 0 Å². The molecule has 2 fully saturated rings. The van der Waals surface area contributed by atoms with Crippen molar-refractivity contribution in [2.45, 2.75) is 51.1 Å². The molecule has 0 radical (unpaired) electrons. The maximum Gasteiger partial charge on any atom is 0.350 e. The van der Waals surface area contributed by atoms with Gasteiger partial charge in [-0.05, 0) is 25.0 Å². The summed E-state index contributed by atoms with van der Waals surface area (Å²) in [6.45, 7) is 3.01. The van der Waals surface area contributed by atoms with Crippen LogP contribution < -0.4 is 14.8 Å². The van der Waals surface area contributed by atoms with E-state index in [2.05, 4.69) is 5.32 Å². The highest BCUT2D eigenvalue weighted by molar-refractivity contribution is 6.15. The van der Waals surface area contributed by atoms with E-state index in [1.165, 1.54) is 20.0 Å². The Balaban J connectivity index is 1.50. The van der Waals surface area contributed by atoms with Crippen LogP contribution in [0, 0.1) is 0 Å². The van der Waals surface area contributed by atoms with E-state index in [1.54, 1.807) is 12.1 Å². The standard InChI is InChI=1S/C18H19NO6/c1-17(2)24-15(20)12(16(21)25-17)10-19-11-5-6-13-14(9-11)23-18(22-13)7-3-4-8-18/h5-6,9-10,19H,3-4,7-8H2,1-2H3. The molecule has 0 unspecified atom stereocenters. The van der Waals surface area contributed by atoms with E-state index < -0.39 is 23.5 Å². The van der Waals surface area contributed by atoms with Gasteiger partial charge < -0.3 is 24.3 Å². The molecule has 1 saturated carbocycles. The molecule has 0 atom stereocenters. The smallest absolute Gasteiger partial charge is 0.350 e. The number of nitrogens with one attached hydrogen (secondary N) is 1. The molecule has 132 valence electrons. The fourth-order valence-corrected chi connectivity index (χ4v) is 3.24. The minimum atomic E-state index is -1.25. The van der Waals surface area contributed by atoms with Gasteiger partial charge in [-0.3, -0.25) is 0 Å². The van der Waals surface area contributed by atoms with Crippen LogP contribution in [0.2, 0.25) is 0 Å². The Morgan fingerprint density at radius 2 is 1.60 bits per heavy atom. The van der Waals surface area contributed by atoms with Gasteiger partial charge in [-0.15, -0.1) is 0 Å². The van der Waals surface area contributed by atoms with Gasteiger partial charge in [0.05, 0.1) is 0 Å². The fourth-order valence-electron chi connectivity index (χ4n) is 3.24. The number of hydrogen-bond acceptors (Lipinski definition) is 7. The summed E-state index contributed by atoms with van der Waals surface area (Å²) in [6.07, 6.45) is 5.21. The van der Waals surface area contributed by atoms with E-state index >= 15 is 0 Å². The summed E-state index contributed by atoms with van der Waals surface area (Å²) in [5.74, 6) is -1.86. The van der Waals surface area contributed by atoms with Gasteiger partial charge in [-0.2, -0.15) is 0 Å². The lowest BCUT2D eigenvalue weighted by molar-refractivity contribution is -0.222. The highest BCUT2D eigenvalue weighted by Gasteiger charge is 2.44. The van der Waals surface area contributed by atoms with E-state index in [1.807, 2.05) is 6.07 Å². The molecule has 1 spiro atoms. The second kappa shape index (κ2) is 5.40. The van der Waals surface area contributed by atoms with E-state index in [0.29, 0.717) is 17.2 Å². The lowest BCUT2D eigenvalue weighted by Crippen LogP contribution is -2.42. The van der Waals surface area contributed by atoms with Gasteiger partial charge in [0.25, 0.3) is 11.6 Å². The molecule has 7 nitrogen and oxygen atoms in total. The van der Waals surface area contributed by atoms with Gasteiger partial charge in [0.15, 0.2) is 17.1 Å². The largest absolute Gasteiger partial charge is 0.448 e. The van der Waals surface area contributed by atoms with Crippen molar-refractivity contribution in [1.82, 2.24) is 0 Å². The van der Waals surface area contributed by atoms with Crippen LogP contribution in [-0.2, 0) is 19.1 Å². The molecule has 4 rings (SSSR count). The molecule has 1 saturated heterocycles. The quantitative estimate of drug-likeness (QED) is 0.501. The molecule has 0 amide bonds. The monoisotopic (exact) mass is 345 g/mol. The number of carbonyl (C=O) groups is 2. The highest BCUT2D eigenvalue weighted by Crippen LogP contribution is 2.47. The van der Waals surface area contributed by atoms with Gasteiger partial charge in [0.1, 0.15) is 0 Å². The Morgan fingerprint density at radius 3 is 2.28 bits per heavy atom. The van der Waals surface area contributed by atoms with Gasteiger partial charge in [0.2, 0.25) is 0 Å². The van der Waals surface area contributed by atoms with Crippen molar-refractivity contribution in [2.75, 3.05) is 5.32 Å². The normalized spacial score (nSPS) is 22.6. The molecule has 0 bridgehead atoms. The molecule has 0 aromatic heterocycles. The Kier molecular flexibility index (Phi) is 3.42. The Labute approximate surface area is 144 Å². The number of ether oxygens (including phenoxy) is 4. The minimum Gasteiger partial charge on any atom is -0.448 e. The summed E-state index contributed by atoms with van der Waals surface area (Å²) in [7, 11) is 0. The molecular formula is C18H19NO6. The summed E-state index contributed by atoms with van der Waals surface area (Å²) in [5.41, 5.74) is 0.472. The number of cyclic esters (lactones) is 2. The van der Waals surface area contributed by atoms with Crippen LogP contribution in [0.4, 0.5) is 5.69 Å². The number of fused-ring (bicyclic) bond motifs is 1. The number of anilines is 1. The first-order chi connectivity index (χ1) is 11.9. The third kappa shape index (κ3) is 2.90. The first-order valence-corrected chi connectivity index (χ1v) is 8.31. The average molecular weight is 345 g/mol. The van der Waals surface area contributed by atoms with Crippen molar-refractivity contribution in [3.05, 3.63) is 30.0 Å². The minimum absolute atomic E-state index is 0.191. The highest BCUT2D eigenvalue weighted by atomic mass is 16.7. The van der Waals surface area contributed by atoms with Gasteiger partial charge in [0, 0.05) is 44.6 Å². The van der Waals surface area contributed by atoms with Crippen LogP contribution in [0.5, 0.6) is 11.5 Å². The molecule has 1 aromatic rings. The predicted octanol–water partition coefficient (Wildman–Crippen LogP) is 2.86. The summed E-state index contributed by atoms with van der Waals surface area (Å²) in [6, 6.07) is 5.38. The zero-order valence-electron chi connectivity index (χ0n) is 14.1. The summed E-state index contributed by atoms with van der Waals surface area (Å²) in [4.78, 5) is 23.8. The molecule has 7 heteroatoms. The van der Waals surface area contributed by atoms with E-state index in [4.69, 9.17) is 18.9 Å². The van der Waals surface area contributed by atoms with Gasteiger partial charge in [-0.25, -0.2) is 9.59 Å². The molecule has 2 heterocycles. The van der Waals surface area contributed by atoms with Crippen molar-refractivity contribution in [3.63, 3.8) is 0 Å². The number of esters is 2. The topological polar surface area (TPSA) is 83.1 Å². The Bertz CT molecular complexity index is 754. The number of benzene rings is 1. The van der Waals surface area contributed by atoms with Crippen LogP contribution in [-0.4, -0.2) is 23.5 Å². The Morgan fingerprint density at radius 1 is 0.960 bits per heavy atom. The maximum absolute atomic E-state index is 11.9. The fraction of sp³-hybridized carbons (Fsp3) is 0.444. The summed E-state index contributed by atoms with van der Waals surface area (Å²) < 4.78 is 22.0. The molecule has 1 aromatic carbocycles. The first-order valence-electron chi connectivity index (χ1n) is 8.31. The first kappa shape index (κ1) is 15.8. The average Bonchev–Trinajstić information content (AvgIpc) is 3.11. The van der Waals surface area contributed by atoms with Crippen molar-refractivity contribution in [1.29, 1.82) is 0 Å². The predicted molar refractivity (Wildman–Crippen MR) is 86.9 cm³/mol. The summed E-state index contributed by atoms with van der Waals surface area (Å²) in [5, 5.41) is 2.91. The van der Waals surface area contributed by atoms with Crippen molar-refractivity contribution < 1.29 is 28.5 Å². The van der Waals surface area contributed by atoms with Crippen LogP contribution in [0.3, 0.4) is 0 Å². The molecule has 1 N–H and O–H groups in total. The number of rotatable bonds is 2. The SMILES string of the molecule is CC1(C)OC(=O)C(=CNc2ccc3c(c2)OC2(CCCC2)O3)C(=O)O1. The summed E-state index contributed by atoms with van der Waals surface area (Å²) >= 11 is 0. The van der Waals surface area contributed by atoms with E-state index in [-0.39, 0.29) is 5.57 Å². The third-order valence-corrected chi connectivity index (χ3v) is 4.40. The second-order valence-corrected chi connectivity index (χ2v) is 6.86. The zero-order chi connectivity index (χ0) is 17.7. The molecule has 25 heavy (non-hydrogen) atoms. The van der Waals surface area contributed by atoms with E-state index in [0.717, 1.165) is 25.7 Å². The number of hydrogen-bond donors (Lipinski definition) is 1. The van der Waals surface area contributed by atoms with Crippen molar-refractivity contribution in [3.8, 4) is 11.5 Å². The van der Waals surface area contributed by atoms with Crippen LogP contribution in [0.1, 0.15) is 39.5 Å².